The first-order valence-electron chi connectivity index (χ1n) is 6.06. The molecule has 2 rings (SSSR count). The first kappa shape index (κ1) is 16.2. The summed E-state index contributed by atoms with van der Waals surface area (Å²) < 4.78 is 12.8. The van der Waals surface area contributed by atoms with Crippen molar-refractivity contribution < 1.29 is 9.18 Å². The first-order valence-corrected chi connectivity index (χ1v) is 8.65. The molecule has 4 nitrogen and oxygen atoms in total. The molecule has 21 heavy (non-hydrogen) atoms. The molecule has 8 heteroatoms. The predicted molar refractivity (Wildman–Crippen MR) is 86.7 cm³/mol. The number of hydrogen-bond donors (Lipinski definition) is 0. The molecule has 0 fully saturated rings. The Morgan fingerprint density at radius 2 is 2.29 bits per heavy atom. The number of thiazole rings is 1. The molecule has 1 amide bonds. The van der Waals surface area contributed by atoms with Crippen LogP contribution in [0.2, 0.25) is 5.15 Å². The second-order valence-corrected chi connectivity index (χ2v) is 6.50. The fraction of sp³-hybridized carbons (Fsp3) is 0.308. The summed E-state index contributed by atoms with van der Waals surface area (Å²) in [6, 6.07) is 2.84. The average molecular weight is 346 g/mol. The molecular weight excluding hydrogens is 333 g/mol. The largest absolute Gasteiger partial charge is 0.304 e. The Balaban J connectivity index is 2.22. The third kappa shape index (κ3) is 3.93. The number of aromatic nitrogens is 2. The van der Waals surface area contributed by atoms with Crippen molar-refractivity contribution in [3.63, 3.8) is 0 Å². The van der Waals surface area contributed by atoms with Crippen molar-refractivity contribution in [2.24, 2.45) is 0 Å². The quantitative estimate of drug-likeness (QED) is 0.775. The zero-order valence-corrected chi connectivity index (χ0v) is 13.9. The zero-order valence-electron chi connectivity index (χ0n) is 11.5. The van der Waals surface area contributed by atoms with Gasteiger partial charge in [-0.1, -0.05) is 22.9 Å². The van der Waals surface area contributed by atoms with Gasteiger partial charge in [-0.2, -0.15) is 16.2 Å². The van der Waals surface area contributed by atoms with Crippen LogP contribution in [-0.2, 0) is 4.79 Å². The smallest absolute Gasteiger partial charge is 0.228 e. The average Bonchev–Trinajstić information content (AvgIpc) is 2.86. The van der Waals surface area contributed by atoms with Gasteiger partial charge in [0.05, 0.1) is 0 Å². The van der Waals surface area contributed by atoms with E-state index < -0.39 is 5.95 Å². The Bertz CT molecular complexity index is 633. The summed E-state index contributed by atoms with van der Waals surface area (Å²) >= 11 is 9.00. The molecule has 0 spiro atoms. The lowest BCUT2D eigenvalue weighted by Crippen LogP contribution is -2.25. The molecule has 0 aliphatic heterocycles. The minimum atomic E-state index is -0.550. The standard InChI is InChI=1S/C13H13ClFN3OS2/c1-18(10(19)5-6-20-2)13-11(14)17-12(21-13)8-3-4-9(15)16-7-8/h3-4,7H,5-6H2,1-2H3. The number of anilines is 1. The van der Waals surface area contributed by atoms with Crippen molar-refractivity contribution in [3.05, 3.63) is 29.4 Å². The van der Waals surface area contributed by atoms with Gasteiger partial charge in [0.2, 0.25) is 11.9 Å². The van der Waals surface area contributed by atoms with Gasteiger partial charge in [-0.05, 0) is 18.4 Å². The molecule has 0 aliphatic carbocycles. The molecule has 2 heterocycles. The van der Waals surface area contributed by atoms with Crippen molar-refractivity contribution in [1.29, 1.82) is 0 Å². The SMILES string of the molecule is CSCCC(=O)N(C)c1sc(-c2ccc(F)nc2)nc1Cl. The van der Waals surface area contributed by atoms with Crippen LogP contribution in [0.3, 0.4) is 0 Å². The van der Waals surface area contributed by atoms with E-state index in [2.05, 4.69) is 9.97 Å². The van der Waals surface area contributed by atoms with Crippen LogP contribution < -0.4 is 4.90 Å². The van der Waals surface area contributed by atoms with E-state index in [0.717, 1.165) is 5.75 Å². The van der Waals surface area contributed by atoms with E-state index in [1.165, 1.54) is 28.5 Å². The maximum absolute atomic E-state index is 12.8. The molecular formula is C13H13ClFN3OS2. The van der Waals surface area contributed by atoms with E-state index in [0.29, 0.717) is 22.0 Å². The maximum Gasteiger partial charge on any atom is 0.228 e. The van der Waals surface area contributed by atoms with Crippen molar-refractivity contribution in [2.75, 3.05) is 24.0 Å². The van der Waals surface area contributed by atoms with Crippen molar-refractivity contribution in [2.45, 2.75) is 6.42 Å². The van der Waals surface area contributed by atoms with E-state index >= 15 is 0 Å². The Labute approximate surface area is 135 Å². The number of rotatable bonds is 5. The first-order chi connectivity index (χ1) is 10.0. The minimum Gasteiger partial charge on any atom is -0.304 e. The van der Waals surface area contributed by atoms with Gasteiger partial charge in [-0.15, -0.1) is 0 Å². The van der Waals surface area contributed by atoms with E-state index in [1.807, 2.05) is 6.26 Å². The molecule has 0 N–H and O–H groups in total. The van der Waals surface area contributed by atoms with Gasteiger partial charge in [-0.3, -0.25) is 4.79 Å². The molecule has 0 bridgehead atoms. The lowest BCUT2D eigenvalue weighted by molar-refractivity contribution is -0.117. The summed E-state index contributed by atoms with van der Waals surface area (Å²) in [4.78, 5) is 21.3. The topological polar surface area (TPSA) is 46.1 Å². The number of amides is 1. The van der Waals surface area contributed by atoms with Gasteiger partial charge < -0.3 is 4.90 Å². The normalized spacial score (nSPS) is 10.7. The van der Waals surface area contributed by atoms with Gasteiger partial charge in [0.25, 0.3) is 0 Å². The molecule has 0 saturated heterocycles. The Morgan fingerprint density at radius 3 is 2.90 bits per heavy atom. The summed E-state index contributed by atoms with van der Waals surface area (Å²) in [5.74, 6) is 0.193. The van der Waals surface area contributed by atoms with Crippen molar-refractivity contribution >= 4 is 45.6 Å². The fourth-order valence-corrected chi connectivity index (χ4v) is 3.28. The van der Waals surface area contributed by atoms with Crippen LogP contribution in [0.25, 0.3) is 10.6 Å². The maximum atomic E-state index is 12.8. The molecule has 0 aliphatic rings. The van der Waals surface area contributed by atoms with E-state index in [-0.39, 0.29) is 11.1 Å². The third-order valence-corrected chi connectivity index (χ3v) is 4.91. The molecule has 112 valence electrons. The van der Waals surface area contributed by atoms with E-state index in [4.69, 9.17) is 11.6 Å². The number of hydrogen-bond acceptors (Lipinski definition) is 5. The molecule has 0 aromatic carbocycles. The van der Waals surface area contributed by atoms with Crippen LogP contribution in [0.5, 0.6) is 0 Å². The number of halogens is 2. The molecule has 0 saturated carbocycles. The molecule has 0 radical (unpaired) electrons. The van der Waals surface area contributed by atoms with Gasteiger partial charge in [0.1, 0.15) is 10.0 Å². The van der Waals surface area contributed by atoms with Crippen LogP contribution in [0.1, 0.15) is 6.42 Å². The Morgan fingerprint density at radius 1 is 1.52 bits per heavy atom. The lowest BCUT2D eigenvalue weighted by Gasteiger charge is -2.14. The summed E-state index contributed by atoms with van der Waals surface area (Å²) in [5, 5.41) is 1.45. The minimum absolute atomic E-state index is 0.0151. The molecule has 2 aromatic heterocycles. The zero-order chi connectivity index (χ0) is 15.4. The van der Waals surface area contributed by atoms with Gasteiger partial charge >= 0.3 is 0 Å². The number of carbonyl (C=O) groups is 1. The van der Waals surface area contributed by atoms with Gasteiger partial charge in [-0.25, -0.2) is 9.97 Å². The summed E-state index contributed by atoms with van der Waals surface area (Å²) in [7, 11) is 1.68. The highest BCUT2D eigenvalue weighted by molar-refractivity contribution is 7.98. The van der Waals surface area contributed by atoms with E-state index in [1.54, 1.807) is 24.9 Å². The third-order valence-electron chi connectivity index (χ3n) is 2.74. The number of nitrogens with zero attached hydrogens (tertiary/aromatic N) is 3. The Hall–Kier alpha value is -1.18. The monoisotopic (exact) mass is 345 g/mol. The second kappa shape index (κ2) is 7.20. The second-order valence-electron chi connectivity index (χ2n) is 4.18. The van der Waals surface area contributed by atoms with E-state index in [9.17, 15) is 9.18 Å². The van der Waals surface area contributed by atoms with Crippen LogP contribution in [0, 0.1) is 5.95 Å². The number of pyridine rings is 1. The van der Waals surface area contributed by atoms with Gasteiger partial charge in [0.15, 0.2) is 5.15 Å². The number of carbonyl (C=O) groups excluding carboxylic acids is 1. The van der Waals surface area contributed by atoms with Crippen LogP contribution in [0.15, 0.2) is 18.3 Å². The summed E-state index contributed by atoms with van der Waals surface area (Å²) in [5.41, 5.74) is 0.666. The Kier molecular flexibility index (Phi) is 5.55. The predicted octanol–water partition coefficient (Wildman–Crippen LogP) is 3.71. The van der Waals surface area contributed by atoms with Crippen LogP contribution in [0.4, 0.5) is 9.39 Å². The molecule has 0 atom stereocenters. The van der Waals surface area contributed by atoms with Gasteiger partial charge in [0, 0.05) is 31.0 Å². The highest BCUT2D eigenvalue weighted by Gasteiger charge is 2.19. The number of thioether (sulfide) groups is 1. The lowest BCUT2D eigenvalue weighted by atomic mass is 10.3. The van der Waals surface area contributed by atoms with Crippen molar-refractivity contribution in [1.82, 2.24) is 9.97 Å². The molecule has 2 aromatic rings. The van der Waals surface area contributed by atoms with Crippen molar-refractivity contribution in [3.8, 4) is 10.6 Å². The highest BCUT2D eigenvalue weighted by atomic mass is 35.5. The highest BCUT2D eigenvalue weighted by Crippen LogP contribution is 2.37. The molecule has 0 unspecified atom stereocenters. The summed E-state index contributed by atoms with van der Waals surface area (Å²) in [6.45, 7) is 0. The van der Waals surface area contributed by atoms with Crippen LogP contribution in [-0.4, -0.2) is 34.9 Å². The fourth-order valence-electron chi connectivity index (χ4n) is 1.60. The van der Waals surface area contributed by atoms with Crippen LogP contribution >= 0.6 is 34.7 Å². The summed E-state index contributed by atoms with van der Waals surface area (Å²) in [6.07, 6.45) is 3.79.